The summed E-state index contributed by atoms with van der Waals surface area (Å²) in [6.45, 7) is 6.57. The number of ether oxygens (including phenoxy) is 1. The molecule has 0 unspecified atom stereocenters. The zero-order valence-corrected chi connectivity index (χ0v) is 16.7. The predicted octanol–water partition coefficient (Wildman–Crippen LogP) is 2.63. The minimum absolute atomic E-state index is 0.00708. The van der Waals surface area contributed by atoms with Gasteiger partial charge in [0.25, 0.3) is 5.69 Å². The third-order valence-electron chi connectivity index (χ3n) is 5.34. The summed E-state index contributed by atoms with van der Waals surface area (Å²) in [5, 5.41) is 11.7. The highest BCUT2D eigenvalue weighted by Crippen LogP contribution is 2.34. The van der Waals surface area contributed by atoms with Crippen molar-refractivity contribution in [1.29, 1.82) is 0 Å². The van der Waals surface area contributed by atoms with Crippen molar-refractivity contribution < 1.29 is 18.1 Å². The Labute approximate surface area is 160 Å². The van der Waals surface area contributed by atoms with Gasteiger partial charge in [-0.2, -0.15) is 4.31 Å². The summed E-state index contributed by atoms with van der Waals surface area (Å²) in [7, 11) is -3.73. The van der Waals surface area contributed by atoms with E-state index in [1.807, 2.05) is 18.7 Å². The van der Waals surface area contributed by atoms with Crippen LogP contribution in [0.3, 0.4) is 0 Å². The molecule has 3 rings (SSSR count). The molecule has 2 heterocycles. The number of nitro benzene ring substituents is 1. The first-order valence-corrected chi connectivity index (χ1v) is 10.9. The first-order valence-electron chi connectivity index (χ1n) is 9.48. The molecule has 27 heavy (non-hydrogen) atoms. The molecular formula is C18H27N3O5S. The van der Waals surface area contributed by atoms with E-state index in [0.717, 1.165) is 19.3 Å². The van der Waals surface area contributed by atoms with Gasteiger partial charge in [-0.05, 0) is 37.3 Å². The molecule has 1 aromatic rings. The fraction of sp³-hybridized carbons (Fsp3) is 0.667. The van der Waals surface area contributed by atoms with Crippen molar-refractivity contribution in [3.63, 3.8) is 0 Å². The van der Waals surface area contributed by atoms with Crippen molar-refractivity contribution in [1.82, 2.24) is 4.31 Å². The molecule has 2 saturated heterocycles. The van der Waals surface area contributed by atoms with Gasteiger partial charge in [0.15, 0.2) is 0 Å². The number of benzene rings is 1. The lowest BCUT2D eigenvalue weighted by Crippen LogP contribution is -2.42. The molecule has 150 valence electrons. The van der Waals surface area contributed by atoms with Crippen LogP contribution in [-0.4, -0.2) is 56.5 Å². The van der Waals surface area contributed by atoms with Crippen LogP contribution >= 0.6 is 0 Å². The fourth-order valence-electron chi connectivity index (χ4n) is 3.78. The standard InChI is InChI=1S/C18H27N3O5S/c1-3-15-13-19(9-10-26-15)17-7-6-16(11-18(17)21(22)23)27(24,25)20-8-4-5-14(2)12-20/h6-7,11,14-15H,3-5,8-10,12-13H2,1-2H3/t14-,15+/m1/s1. The number of rotatable bonds is 5. The van der Waals surface area contributed by atoms with Crippen LogP contribution in [0.4, 0.5) is 11.4 Å². The lowest BCUT2D eigenvalue weighted by molar-refractivity contribution is -0.384. The Morgan fingerprint density at radius 2 is 2.07 bits per heavy atom. The molecule has 0 bridgehead atoms. The van der Waals surface area contributed by atoms with E-state index in [1.54, 1.807) is 6.07 Å². The highest BCUT2D eigenvalue weighted by molar-refractivity contribution is 7.89. The Kier molecular flexibility index (Phi) is 6.02. The lowest BCUT2D eigenvalue weighted by Gasteiger charge is -2.34. The maximum atomic E-state index is 13.0. The highest BCUT2D eigenvalue weighted by Gasteiger charge is 2.32. The third kappa shape index (κ3) is 4.25. The minimum atomic E-state index is -3.73. The van der Waals surface area contributed by atoms with E-state index >= 15 is 0 Å². The molecule has 2 atom stereocenters. The maximum absolute atomic E-state index is 13.0. The van der Waals surface area contributed by atoms with Gasteiger partial charge in [0.05, 0.1) is 22.5 Å². The first-order chi connectivity index (χ1) is 12.8. The van der Waals surface area contributed by atoms with Gasteiger partial charge in [0.2, 0.25) is 10.0 Å². The minimum Gasteiger partial charge on any atom is -0.375 e. The van der Waals surface area contributed by atoms with Gasteiger partial charge in [0.1, 0.15) is 5.69 Å². The molecule has 0 amide bonds. The lowest BCUT2D eigenvalue weighted by atomic mass is 10.0. The quantitative estimate of drug-likeness (QED) is 0.560. The van der Waals surface area contributed by atoms with Crippen LogP contribution < -0.4 is 4.90 Å². The molecule has 2 aliphatic rings. The average molecular weight is 397 g/mol. The molecule has 8 nitrogen and oxygen atoms in total. The zero-order valence-electron chi connectivity index (χ0n) is 15.8. The van der Waals surface area contributed by atoms with Gasteiger partial charge < -0.3 is 9.64 Å². The van der Waals surface area contributed by atoms with Crippen LogP contribution in [0.5, 0.6) is 0 Å². The summed E-state index contributed by atoms with van der Waals surface area (Å²) in [4.78, 5) is 13.1. The summed E-state index contributed by atoms with van der Waals surface area (Å²) >= 11 is 0. The molecule has 1 aromatic carbocycles. The summed E-state index contributed by atoms with van der Waals surface area (Å²) in [5.74, 6) is 0.294. The second-order valence-electron chi connectivity index (χ2n) is 7.37. The van der Waals surface area contributed by atoms with Crippen LogP contribution in [0.15, 0.2) is 23.1 Å². The molecule has 2 fully saturated rings. The Morgan fingerprint density at radius 1 is 1.30 bits per heavy atom. The van der Waals surface area contributed by atoms with Gasteiger partial charge in [-0.1, -0.05) is 13.8 Å². The molecule has 2 aliphatic heterocycles. The number of nitrogens with zero attached hydrogens (tertiary/aromatic N) is 3. The Hall–Kier alpha value is -1.71. The Morgan fingerprint density at radius 3 is 2.74 bits per heavy atom. The number of sulfonamides is 1. The highest BCUT2D eigenvalue weighted by atomic mass is 32.2. The SMILES string of the molecule is CC[C@H]1CN(c2ccc(S(=O)(=O)N3CCC[C@@H](C)C3)cc2[N+](=O)[O-])CCO1. The van der Waals surface area contributed by atoms with E-state index in [9.17, 15) is 18.5 Å². The number of hydrogen-bond acceptors (Lipinski definition) is 6. The summed E-state index contributed by atoms with van der Waals surface area (Å²) < 4.78 is 33.0. The first kappa shape index (κ1) is 20.0. The zero-order chi connectivity index (χ0) is 19.6. The summed E-state index contributed by atoms with van der Waals surface area (Å²) in [6.07, 6.45) is 2.66. The van der Waals surface area contributed by atoms with Gasteiger partial charge in [-0.15, -0.1) is 0 Å². The molecule has 9 heteroatoms. The normalized spacial score (nSPS) is 24.7. The third-order valence-corrected chi connectivity index (χ3v) is 7.20. The molecule has 0 spiro atoms. The number of piperidine rings is 1. The van der Waals surface area contributed by atoms with Gasteiger partial charge in [0, 0.05) is 32.2 Å². The number of nitro groups is 1. The average Bonchev–Trinajstić information content (AvgIpc) is 2.67. The van der Waals surface area contributed by atoms with Crippen molar-refractivity contribution in [3.8, 4) is 0 Å². The van der Waals surface area contributed by atoms with Crippen molar-refractivity contribution in [3.05, 3.63) is 28.3 Å². The van der Waals surface area contributed by atoms with Crippen molar-refractivity contribution in [2.45, 2.75) is 44.1 Å². The topological polar surface area (TPSA) is 93.0 Å². The number of morpholine rings is 1. The molecule has 0 aromatic heterocycles. The van der Waals surface area contributed by atoms with Crippen molar-refractivity contribution in [2.24, 2.45) is 5.92 Å². The van der Waals surface area contributed by atoms with E-state index in [2.05, 4.69) is 0 Å². The predicted molar refractivity (Wildman–Crippen MR) is 102 cm³/mol. The van der Waals surface area contributed by atoms with E-state index in [4.69, 9.17) is 4.74 Å². The second kappa shape index (κ2) is 8.12. The largest absolute Gasteiger partial charge is 0.375 e. The van der Waals surface area contributed by atoms with Crippen LogP contribution in [0.1, 0.15) is 33.1 Å². The van der Waals surface area contributed by atoms with Crippen LogP contribution in [-0.2, 0) is 14.8 Å². The Balaban J connectivity index is 1.92. The maximum Gasteiger partial charge on any atom is 0.293 e. The van der Waals surface area contributed by atoms with Gasteiger partial charge >= 0.3 is 0 Å². The fourth-order valence-corrected chi connectivity index (χ4v) is 5.40. The van der Waals surface area contributed by atoms with Crippen molar-refractivity contribution in [2.75, 3.05) is 37.7 Å². The summed E-state index contributed by atoms with van der Waals surface area (Å²) in [6, 6.07) is 4.27. The van der Waals surface area contributed by atoms with Crippen LogP contribution in [0, 0.1) is 16.0 Å². The second-order valence-corrected chi connectivity index (χ2v) is 9.30. The van der Waals surface area contributed by atoms with Gasteiger partial charge in [-0.3, -0.25) is 10.1 Å². The van der Waals surface area contributed by atoms with Crippen molar-refractivity contribution >= 4 is 21.4 Å². The number of anilines is 1. The molecule has 0 saturated carbocycles. The molecule has 0 aliphatic carbocycles. The Bertz CT molecular complexity index is 798. The van der Waals surface area contributed by atoms with E-state index < -0.39 is 14.9 Å². The molecule has 0 N–H and O–H groups in total. The molecule has 0 radical (unpaired) electrons. The van der Waals surface area contributed by atoms with Crippen LogP contribution in [0.2, 0.25) is 0 Å². The summed E-state index contributed by atoms with van der Waals surface area (Å²) in [5.41, 5.74) is 0.283. The monoisotopic (exact) mass is 397 g/mol. The van der Waals surface area contributed by atoms with Gasteiger partial charge in [-0.25, -0.2) is 8.42 Å². The molecular weight excluding hydrogens is 370 g/mol. The van der Waals surface area contributed by atoms with E-state index in [1.165, 1.54) is 16.4 Å². The smallest absolute Gasteiger partial charge is 0.293 e. The number of hydrogen-bond donors (Lipinski definition) is 0. The van der Waals surface area contributed by atoms with E-state index in [0.29, 0.717) is 44.4 Å². The van der Waals surface area contributed by atoms with Crippen LogP contribution in [0.25, 0.3) is 0 Å². The van der Waals surface area contributed by atoms with E-state index in [-0.39, 0.29) is 16.7 Å².